The van der Waals surface area contributed by atoms with E-state index in [0.29, 0.717) is 32.4 Å². The molecule has 0 unspecified atom stereocenters. The van der Waals surface area contributed by atoms with Gasteiger partial charge in [0.1, 0.15) is 11.6 Å². The highest BCUT2D eigenvalue weighted by Crippen LogP contribution is 2.32. The van der Waals surface area contributed by atoms with Gasteiger partial charge in [0.05, 0.1) is 0 Å². The molecule has 1 aliphatic carbocycles. The lowest BCUT2D eigenvalue weighted by Gasteiger charge is -2.35. The van der Waals surface area contributed by atoms with Crippen LogP contribution in [0.4, 0.5) is 0 Å². The molecule has 1 atom stereocenters. The molecule has 1 aromatic carbocycles. The van der Waals surface area contributed by atoms with Crippen LogP contribution in [-0.4, -0.2) is 40.0 Å². The Kier molecular flexibility index (Phi) is 3.91. The van der Waals surface area contributed by atoms with Crippen molar-refractivity contribution in [2.75, 3.05) is 6.54 Å². The van der Waals surface area contributed by atoms with Crippen molar-refractivity contribution in [1.29, 1.82) is 0 Å². The summed E-state index contributed by atoms with van der Waals surface area (Å²) < 4.78 is 0. The minimum absolute atomic E-state index is 0.0585. The maximum absolute atomic E-state index is 12.4. The van der Waals surface area contributed by atoms with Crippen LogP contribution in [0.5, 0.6) is 0 Å². The lowest BCUT2D eigenvalue weighted by molar-refractivity contribution is -0.150. The second-order valence-corrected chi connectivity index (χ2v) is 6.45. The smallest absolute Gasteiger partial charge is 0.252 e. The van der Waals surface area contributed by atoms with Gasteiger partial charge in [0.25, 0.3) is 5.91 Å². The largest absolute Gasteiger partial charge is 0.380 e. The first-order chi connectivity index (χ1) is 10.5. The van der Waals surface area contributed by atoms with Crippen LogP contribution in [0.3, 0.4) is 0 Å². The van der Waals surface area contributed by atoms with Gasteiger partial charge >= 0.3 is 0 Å². The van der Waals surface area contributed by atoms with Gasteiger partial charge in [-0.15, -0.1) is 0 Å². The van der Waals surface area contributed by atoms with Gasteiger partial charge in [-0.2, -0.15) is 0 Å². The summed E-state index contributed by atoms with van der Waals surface area (Å²) in [7, 11) is 0. The minimum Gasteiger partial charge on any atom is -0.380 e. The van der Waals surface area contributed by atoms with Crippen LogP contribution in [0.15, 0.2) is 24.3 Å². The van der Waals surface area contributed by atoms with E-state index in [4.69, 9.17) is 0 Å². The third kappa shape index (κ3) is 2.86. The van der Waals surface area contributed by atoms with Crippen LogP contribution < -0.4 is 5.32 Å². The molecule has 2 N–H and O–H groups in total. The van der Waals surface area contributed by atoms with E-state index in [2.05, 4.69) is 5.32 Å². The Morgan fingerprint density at radius 2 is 2.05 bits per heavy atom. The zero-order chi connectivity index (χ0) is 15.7. The van der Waals surface area contributed by atoms with Gasteiger partial charge < -0.3 is 15.3 Å². The summed E-state index contributed by atoms with van der Waals surface area (Å²) in [5.41, 5.74) is 1.03. The third-order valence-electron chi connectivity index (χ3n) is 4.70. The van der Waals surface area contributed by atoms with Crippen LogP contribution in [0.25, 0.3) is 0 Å². The van der Waals surface area contributed by atoms with E-state index in [9.17, 15) is 14.7 Å². The lowest BCUT2D eigenvalue weighted by atomic mass is 9.79. The normalized spacial score (nSPS) is 23.3. The Hall–Kier alpha value is -1.88. The molecule has 0 radical (unpaired) electrons. The van der Waals surface area contributed by atoms with Crippen molar-refractivity contribution in [3.63, 3.8) is 0 Å². The SMILES string of the molecule is Cc1ccc(CN2CC[C@H](NC(=O)C3(O)CCC3)C2=O)cc1. The van der Waals surface area contributed by atoms with Crippen molar-refractivity contribution in [3.8, 4) is 0 Å². The van der Waals surface area contributed by atoms with Crippen LogP contribution in [0.2, 0.25) is 0 Å². The molecule has 2 fully saturated rings. The van der Waals surface area contributed by atoms with Gasteiger partial charge in [0, 0.05) is 13.1 Å². The lowest BCUT2D eigenvalue weighted by Crippen LogP contribution is -2.55. The monoisotopic (exact) mass is 302 g/mol. The molecule has 3 rings (SSSR count). The maximum atomic E-state index is 12.4. The number of aliphatic hydroxyl groups is 1. The first-order valence-electron chi connectivity index (χ1n) is 7.86. The molecule has 22 heavy (non-hydrogen) atoms. The number of likely N-dealkylation sites (tertiary alicyclic amines) is 1. The molecule has 0 bridgehead atoms. The summed E-state index contributed by atoms with van der Waals surface area (Å²) >= 11 is 0. The van der Waals surface area contributed by atoms with Crippen molar-refractivity contribution in [1.82, 2.24) is 10.2 Å². The highest BCUT2D eigenvalue weighted by molar-refractivity contribution is 5.92. The Morgan fingerprint density at radius 1 is 1.36 bits per heavy atom. The number of hydrogen-bond donors (Lipinski definition) is 2. The van der Waals surface area contributed by atoms with E-state index < -0.39 is 17.6 Å². The standard InChI is InChI=1S/C17H22N2O3/c1-12-3-5-13(6-4-12)11-19-10-7-14(15(19)20)18-16(21)17(22)8-2-9-17/h3-6,14,22H,2,7-11H2,1H3,(H,18,21)/t14-/m0/s1. The van der Waals surface area contributed by atoms with Crippen molar-refractivity contribution >= 4 is 11.8 Å². The Balaban J connectivity index is 1.57. The average molecular weight is 302 g/mol. The molecule has 5 nitrogen and oxygen atoms in total. The summed E-state index contributed by atoms with van der Waals surface area (Å²) in [6.07, 6.45) is 2.45. The van der Waals surface area contributed by atoms with E-state index in [1.165, 1.54) is 5.56 Å². The number of rotatable bonds is 4. The van der Waals surface area contributed by atoms with Gasteiger partial charge in [-0.05, 0) is 38.2 Å². The van der Waals surface area contributed by atoms with Gasteiger partial charge in [-0.1, -0.05) is 29.8 Å². The average Bonchev–Trinajstić information content (AvgIpc) is 2.80. The fourth-order valence-electron chi connectivity index (χ4n) is 2.98. The predicted molar refractivity (Wildman–Crippen MR) is 81.9 cm³/mol. The summed E-state index contributed by atoms with van der Waals surface area (Å²) in [6, 6.07) is 7.60. The molecule has 1 aliphatic heterocycles. The van der Waals surface area contributed by atoms with Crippen molar-refractivity contribution < 1.29 is 14.7 Å². The summed E-state index contributed by atoms with van der Waals surface area (Å²) in [6.45, 7) is 3.23. The molecule has 2 amide bonds. The van der Waals surface area contributed by atoms with Crippen LogP contribution in [0, 0.1) is 6.92 Å². The van der Waals surface area contributed by atoms with Crippen molar-refractivity contribution in [2.24, 2.45) is 0 Å². The van der Waals surface area contributed by atoms with E-state index in [-0.39, 0.29) is 5.91 Å². The highest BCUT2D eigenvalue weighted by Gasteiger charge is 2.44. The summed E-state index contributed by atoms with van der Waals surface area (Å²) in [5.74, 6) is -0.453. The Labute approximate surface area is 130 Å². The third-order valence-corrected chi connectivity index (χ3v) is 4.70. The number of nitrogens with one attached hydrogen (secondary N) is 1. The Bertz CT molecular complexity index is 578. The van der Waals surface area contributed by atoms with Gasteiger partial charge in [-0.25, -0.2) is 0 Å². The first kappa shape index (κ1) is 15.0. The summed E-state index contributed by atoms with van der Waals surface area (Å²) in [4.78, 5) is 26.2. The van der Waals surface area contributed by atoms with Crippen LogP contribution >= 0.6 is 0 Å². The zero-order valence-corrected chi connectivity index (χ0v) is 12.8. The minimum atomic E-state index is -1.25. The van der Waals surface area contributed by atoms with Gasteiger partial charge in [0.15, 0.2) is 0 Å². The van der Waals surface area contributed by atoms with E-state index in [0.717, 1.165) is 12.0 Å². The highest BCUT2D eigenvalue weighted by atomic mass is 16.3. The van der Waals surface area contributed by atoms with Crippen LogP contribution in [0.1, 0.15) is 36.8 Å². The van der Waals surface area contributed by atoms with Crippen molar-refractivity contribution in [3.05, 3.63) is 35.4 Å². The molecule has 1 aromatic rings. The van der Waals surface area contributed by atoms with Crippen LogP contribution in [-0.2, 0) is 16.1 Å². The number of carbonyl (C=O) groups is 2. The molecule has 2 aliphatic rings. The van der Waals surface area contributed by atoms with Crippen molar-refractivity contribution in [2.45, 2.75) is 50.8 Å². The summed E-state index contributed by atoms with van der Waals surface area (Å²) in [5, 5.41) is 12.7. The fraction of sp³-hybridized carbons (Fsp3) is 0.529. The zero-order valence-electron chi connectivity index (χ0n) is 12.8. The number of amides is 2. The molecule has 0 aromatic heterocycles. The molecule has 1 heterocycles. The molecule has 0 spiro atoms. The number of aryl methyl sites for hydroxylation is 1. The van der Waals surface area contributed by atoms with E-state index >= 15 is 0 Å². The quantitative estimate of drug-likeness (QED) is 0.876. The molecular formula is C17H22N2O3. The first-order valence-corrected chi connectivity index (χ1v) is 7.86. The van der Waals surface area contributed by atoms with Gasteiger partial charge in [-0.3, -0.25) is 9.59 Å². The maximum Gasteiger partial charge on any atom is 0.252 e. The molecule has 1 saturated carbocycles. The van der Waals surface area contributed by atoms with Gasteiger partial charge in [0.2, 0.25) is 5.91 Å². The fourth-order valence-corrected chi connectivity index (χ4v) is 2.98. The Morgan fingerprint density at radius 3 is 2.64 bits per heavy atom. The van der Waals surface area contributed by atoms with E-state index in [1.807, 2.05) is 31.2 Å². The number of carbonyl (C=O) groups excluding carboxylic acids is 2. The number of hydrogen-bond acceptors (Lipinski definition) is 3. The molecule has 1 saturated heterocycles. The topological polar surface area (TPSA) is 69.6 Å². The molecule has 5 heteroatoms. The number of benzene rings is 1. The molecular weight excluding hydrogens is 280 g/mol. The van der Waals surface area contributed by atoms with E-state index in [1.54, 1.807) is 4.90 Å². The second-order valence-electron chi connectivity index (χ2n) is 6.45. The second kappa shape index (κ2) is 5.72. The number of nitrogens with zero attached hydrogens (tertiary/aromatic N) is 1. The molecule has 118 valence electrons. The predicted octanol–water partition coefficient (Wildman–Crippen LogP) is 1.13.